The number of halogens is 4. The van der Waals surface area contributed by atoms with E-state index < -0.39 is 17.2 Å². The Bertz CT molecular complexity index is 5090. The summed E-state index contributed by atoms with van der Waals surface area (Å²) in [5, 5.41) is 3.35. The molecule has 17 nitrogen and oxygen atoms in total. The summed E-state index contributed by atoms with van der Waals surface area (Å²) in [6.45, 7) is 30.8. The van der Waals surface area contributed by atoms with E-state index >= 15 is 0 Å². The van der Waals surface area contributed by atoms with E-state index in [2.05, 4.69) is 143 Å². The first kappa shape index (κ1) is 67.0. The minimum Gasteiger partial charge on any atom is -0.356 e. The predicted octanol–water partition coefficient (Wildman–Crippen LogP) is 16.7. The largest absolute Gasteiger partial charge is 0.418 e. The first-order valence-corrected chi connectivity index (χ1v) is 33.2. The molecule has 21 heteroatoms. The van der Waals surface area contributed by atoms with Crippen LogP contribution in [0.2, 0.25) is 0 Å². The molecule has 16 rings (SSSR count). The maximum absolute atomic E-state index is 14.4. The zero-order chi connectivity index (χ0) is 68.6. The van der Waals surface area contributed by atoms with Crippen LogP contribution in [0.5, 0.6) is 0 Å². The van der Waals surface area contributed by atoms with Gasteiger partial charge in [-0.3, -0.25) is 27.6 Å². The number of rotatable bonds is 4. The molecule has 97 heavy (non-hydrogen) atoms. The van der Waals surface area contributed by atoms with Gasteiger partial charge in [-0.25, -0.2) is 34.3 Å². The molecule has 0 saturated carbocycles. The highest BCUT2D eigenvalue weighted by atomic mass is 19.4. The molecule has 2 aliphatic rings. The maximum Gasteiger partial charge on any atom is 0.418 e. The van der Waals surface area contributed by atoms with Crippen LogP contribution in [0.3, 0.4) is 0 Å². The highest BCUT2D eigenvalue weighted by molar-refractivity contribution is 5.83. The van der Waals surface area contributed by atoms with Crippen molar-refractivity contribution >= 4 is 78.9 Å². The molecule has 0 bridgehead atoms. The van der Waals surface area contributed by atoms with Gasteiger partial charge in [-0.1, -0.05) is 132 Å². The number of hydrogen-bond acceptors (Lipinski definition) is 13. The number of pyridine rings is 2. The smallest absolute Gasteiger partial charge is 0.356 e. The fourth-order valence-electron chi connectivity index (χ4n) is 12.3. The monoisotopic (exact) mass is 1310 g/mol. The Morgan fingerprint density at radius 3 is 1.15 bits per heavy atom. The van der Waals surface area contributed by atoms with Crippen molar-refractivity contribution < 1.29 is 17.6 Å². The van der Waals surface area contributed by atoms with Crippen LogP contribution < -0.4 is 15.1 Å². The van der Waals surface area contributed by atoms with Crippen LogP contribution in [0, 0.1) is 23.1 Å². The van der Waals surface area contributed by atoms with Gasteiger partial charge in [-0.2, -0.15) is 23.1 Å². The van der Waals surface area contributed by atoms with Gasteiger partial charge in [0.25, 0.3) is 0 Å². The van der Waals surface area contributed by atoms with Gasteiger partial charge in [0, 0.05) is 98.4 Å². The number of benzene rings is 4. The van der Waals surface area contributed by atoms with Crippen LogP contribution in [0.15, 0.2) is 171 Å². The van der Waals surface area contributed by atoms with Crippen molar-refractivity contribution in [1.29, 1.82) is 0 Å². The standard InChI is InChI=1S/C20H17F3N4.C19H17FN4.C19H24N4.C14H15N5.C4H10/c1-19(2,3)17-13(20(21,22)23)10-12(11-24-17)14-8-9-27-16-7-5-4-6-15(16)26-18(27)25-14;1-19(2,3)17-13(20)10-12(11-21-17)14-8-9-24-16-7-5-4-6-15(16)23-18(24)22-14;1-19(2,3)14-8-11-22(12-9-14)17-10-13-23-16-7-5-4-6-15(16)20-18(23)21-17;1-2-4-12-11(3-1)16-14-17-13(5-8-19(12)14)18-9-6-15-7-10-18;1-4(2)3/h4-11H,1-3H3;4-11H,1-3H3;4-7,10,13-14H,8-9,11-12H2,1-3H3;1-5,8,15H,6-7,9-10H2;4H,1-3H3. The van der Waals surface area contributed by atoms with Gasteiger partial charge >= 0.3 is 6.18 Å². The molecule has 12 heterocycles. The summed E-state index contributed by atoms with van der Waals surface area (Å²) in [7, 11) is 0. The van der Waals surface area contributed by atoms with Gasteiger partial charge in [-0.15, -0.1) is 0 Å². The Hall–Kier alpha value is -10.0. The molecule has 0 aliphatic carbocycles. The third kappa shape index (κ3) is 14.9. The van der Waals surface area contributed by atoms with E-state index in [9.17, 15) is 17.6 Å². The second-order valence-corrected chi connectivity index (χ2v) is 28.5. The molecule has 10 aromatic heterocycles. The minimum absolute atomic E-state index is 0.0198. The lowest BCUT2D eigenvalue weighted by molar-refractivity contribution is -0.139. The summed E-state index contributed by atoms with van der Waals surface area (Å²) in [4.78, 5) is 49.8. The third-order valence-electron chi connectivity index (χ3n) is 17.2. The van der Waals surface area contributed by atoms with Crippen LogP contribution >= 0.6 is 0 Å². The number of piperazine rings is 1. The Morgan fingerprint density at radius 2 is 0.784 bits per heavy atom. The van der Waals surface area contributed by atoms with Crippen molar-refractivity contribution in [2.75, 3.05) is 49.1 Å². The average Bonchev–Trinajstić information content (AvgIpc) is 1.33. The Balaban J connectivity index is 0.000000122. The van der Waals surface area contributed by atoms with Gasteiger partial charge in [0.15, 0.2) is 0 Å². The summed E-state index contributed by atoms with van der Waals surface area (Å²) >= 11 is 0. The number of piperidine rings is 1. The lowest BCUT2D eigenvalue weighted by Crippen LogP contribution is -2.43. The number of fused-ring (bicyclic) bond motifs is 12. The summed E-state index contributed by atoms with van der Waals surface area (Å²) in [5.41, 5.74) is 8.89. The molecule has 2 fully saturated rings. The molecule has 0 unspecified atom stereocenters. The fraction of sp³-hybridized carbons (Fsp3) is 0.342. The second-order valence-electron chi connectivity index (χ2n) is 28.5. The first-order chi connectivity index (χ1) is 46.2. The van der Waals surface area contributed by atoms with Crippen molar-refractivity contribution in [1.82, 2.24) is 72.8 Å². The van der Waals surface area contributed by atoms with Crippen molar-refractivity contribution in [3.05, 3.63) is 193 Å². The topological polar surface area (TPSA) is 165 Å². The van der Waals surface area contributed by atoms with Crippen molar-refractivity contribution in [2.45, 2.75) is 113 Å². The van der Waals surface area contributed by atoms with Gasteiger partial charge in [0.05, 0.1) is 72.5 Å². The van der Waals surface area contributed by atoms with Crippen LogP contribution in [0.4, 0.5) is 29.2 Å². The number of aromatic nitrogens is 14. The fourth-order valence-corrected chi connectivity index (χ4v) is 12.3. The zero-order valence-electron chi connectivity index (χ0n) is 57.1. The number of nitrogens with zero attached hydrogens (tertiary/aromatic N) is 16. The summed E-state index contributed by atoms with van der Waals surface area (Å²) in [6, 6.07) is 42.1. The van der Waals surface area contributed by atoms with Crippen molar-refractivity contribution in [2.24, 2.45) is 17.3 Å². The zero-order valence-corrected chi connectivity index (χ0v) is 57.1. The molecule has 14 aromatic rings. The summed E-state index contributed by atoms with van der Waals surface area (Å²) in [6.07, 6.45) is 8.94. The molecule has 0 radical (unpaired) electrons. The SMILES string of the molecule is CC(C)(C)C1CCN(c2ccn3c(n2)nc2ccccc23)CC1.CC(C)(C)c1ncc(-c2ccn3c(n2)nc2ccccc23)cc1C(F)(F)F.CC(C)(C)c1ncc(-c2ccn3c(n2)nc2ccccc23)cc1F.CC(C)C.c1ccc2c(c1)nc1nc(N3CCNCC3)ccn12. The predicted molar refractivity (Wildman–Crippen MR) is 381 cm³/mol. The summed E-state index contributed by atoms with van der Waals surface area (Å²) < 4.78 is 63.0. The van der Waals surface area contributed by atoms with Gasteiger partial charge in [-0.05, 0) is 115 Å². The van der Waals surface area contributed by atoms with E-state index in [4.69, 9.17) is 4.98 Å². The molecule has 4 aromatic carbocycles. The third-order valence-corrected chi connectivity index (χ3v) is 17.2. The van der Waals surface area contributed by atoms with E-state index in [-0.39, 0.29) is 16.9 Å². The van der Waals surface area contributed by atoms with Crippen LogP contribution in [-0.4, -0.2) is 107 Å². The first-order valence-electron chi connectivity index (χ1n) is 33.2. The van der Waals surface area contributed by atoms with Crippen LogP contribution in [0.1, 0.15) is 113 Å². The number of nitrogens with one attached hydrogen (secondary N) is 1. The maximum atomic E-state index is 14.4. The molecule has 1 N–H and O–H groups in total. The quantitative estimate of drug-likeness (QED) is 0.166. The van der Waals surface area contributed by atoms with Crippen LogP contribution in [0.25, 0.3) is 89.8 Å². The number of para-hydroxylation sites is 8. The van der Waals surface area contributed by atoms with Gasteiger partial charge in [0.2, 0.25) is 23.1 Å². The van der Waals surface area contributed by atoms with E-state index in [0.29, 0.717) is 45.2 Å². The van der Waals surface area contributed by atoms with Crippen molar-refractivity contribution in [3.8, 4) is 22.5 Å². The van der Waals surface area contributed by atoms with Gasteiger partial charge in [0.1, 0.15) is 17.5 Å². The number of alkyl halides is 3. The molecule has 0 spiro atoms. The molecule has 2 saturated heterocycles. The number of anilines is 2. The average molecular weight is 1310 g/mol. The molecule has 500 valence electrons. The van der Waals surface area contributed by atoms with E-state index in [1.54, 1.807) is 43.6 Å². The molecule has 0 amide bonds. The lowest BCUT2D eigenvalue weighted by Gasteiger charge is -2.39. The molecular weight excluding hydrogens is 1230 g/mol. The second kappa shape index (κ2) is 27.2. The van der Waals surface area contributed by atoms with Gasteiger partial charge < -0.3 is 15.1 Å². The van der Waals surface area contributed by atoms with E-state index in [1.165, 1.54) is 25.1 Å². The highest BCUT2D eigenvalue weighted by Crippen LogP contribution is 2.39. The van der Waals surface area contributed by atoms with E-state index in [1.807, 2.05) is 127 Å². The normalized spacial score (nSPS) is 14.2. The van der Waals surface area contributed by atoms with Crippen LogP contribution in [-0.2, 0) is 17.0 Å². The van der Waals surface area contributed by atoms with Crippen molar-refractivity contribution in [3.63, 3.8) is 0 Å². The Kier molecular flexibility index (Phi) is 18.8. The Morgan fingerprint density at radius 1 is 0.433 bits per heavy atom. The summed E-state index contributed by atoms with van der Waals surface area (Å²) in [5.74, 6) is 5.99. The molecular formula is C76H83F4N17. The number of imidazole rings is 4. The minimum atomic E-state index is -4.49. The van der Waals surface area contributed by atoms with E-state index in [0.717, 1.165) is 124 Å². The Labute approximate surface area is 561 Å². The highest BCUT2D eigenvalue weighted by Gasteiger charge is 2.38. The molecule has 0 atom stereocenters. The lowest BCUT2D eigenvalue weighted by atomic mass is 9.75. The number of hydrogen-bond donors (Lipinski definition) is 1. The molecule has 2 aliphatic heterocycles.